The van der Waals surface area contributed by atoms with Gasteiger partial charge in [0.05, 0.1) is 0 Å². The summed E-state index contributed by atoms with van der Waals surface area (Å²) in [6.45, 7) is 1.76. The monoisotopic (exact) mass is 146 g/mol. The molecule has 0 aliphatic heterocycles. The molecule has 27 valence electrons. The topological polar surface area (TPSA) is 17.1 Å². The van der Waals surface area contributed by atoms with E-state index in [1.54, 1.807) is 13.2 Å². The standard InChI is InChI=1S/C3H5O.Y/c1-2-3-4;/h2H2,1H3;/q-1;. The minimum absolute atomic E-state index is 0. The van der Waals surface area contributed by atoms with Crippen LogP contribution in [0.3, 0.4) is 0 Å². The van der Waals surface area contributed by atoms with Gasteiger partial charge in [0.1, 0.15) is 0 Å². The second kappa shape index (κ2) is 8.84. The van der Waals surface area contributed by atoms with Crippen LogP contribution >= 0.6 is 0 Å². The van der Waals surface area contributed by atoms with Gasteiger partial charge in [-0.1, -0.05) is 6.92 Å². The molecule has 0 heterocycles. The summed E-state index contributed by atoms with van der Waals surface area (Å²) in [5, 5.41) is 0. The molecule has 0 unspecified atom stereocenters. The van der Waals surface area contributed by atoms with Gasteiger partial charge in [-0.15, -0.1) is 0 Å². The molecule has 5 heavy (non-hydrogen) atoms. The third kappa shape index (κ3) is 11.7. The van der Waals surface area contributed by atoms with Gasteiger partial charge < -0.3 is 4.79 Å². The average molecular weight is 146 g/mol. The molecule has 0 amide bonds. The molecule has 0 fully saturated rings. The number of carbonyl (C=O) groups excluding carboxylic acids is 1. The largest absolute Gasteiger partial charge is 0.542 e. The second-order valence-electron chi connectivity index (χ2n) is 0.498. The first-order chi connectivity index (χ1) is 1.91. The van der Waals surface area contributed by atoms with E-state index in [4.69, 9.17) is 4.79 Å². The zero-order valence-corrected chi connectivity index (χ0v) is 6.03. The summed E-state index contributed by atoms with van der Waals surface area (Å²) in [4.78, 5) is 9.05. The van der Waals surface area contributed by atoms with Crippen molar-refractivity contribution >= 4 is 6.29 Å². The van der Waals surface area contributed by atoms with Crippen molar-refractivity contribution in [3.8, 4) is 0 Å². The normalized spacial score (nSPS) is 5.00. The van der Waals surface area contributed by atoms with Crippen molar-refractivity contribution in [2.24, 2.45) is 0 Å². The van der Waals surface area contributed by atoms with E-state index in [9.17, 15) is 0 Å². The average Bonchev–Trinajstić information content (AvgIpc) is 1.37. The van der Waals surface area contributed by atoms with Gasteiger partial charge in [0.2, 0.25) is 0 Å². The van der Waals surface area contributed by atoms with Crippen molar-refractivity contribution in [2.45, 2.75) is 13.3 Å². The second-order valence-corrected chi connectivity index (χ2v) is 0.498. The van der Waals surface area contributed by atoms with Crippen LogP contribution in [0.2, 0.25) is 0 Å². The van der Waals surface area contributed by atoms with E-state index in [1.165, 1.54) is 0 Å². The summed E-state index contributed by atoms with van der Waals surface area (Å²) in [7, 11) is 0. The zero-order valence-electron chi connectivity index (χ0n) is 3.19. The van der Waals surface area contributed by atoms with E-state index in [-0.39, 0.29) is 32.7 Å². The Bertz CT molecular complexity index is 20.9. The third-order valence-electron chi connectivity index (χ3n) is 0.144. The van der Waals surface area contributed by atoms with Crippen LogP contribution in [0, 0.1) is 0 Å². The first-order valence-corrected chi connectivity index (χ1v) is 1.26. The van der Waals surface area contributed by atoms with Crippen LogP contribution in [-0.2, 0) is 37.5 Å². The Hall–Kier alpha value is 0.774. The van der Waals surface area contributed by atoms with Crippen LogP contribution in [-0.4, -0.2) is 6.29 Å². The minimum atomic E-state index is 0. The Labute approximate surface area is 57.0 Å². The van der Waals surface area contributed by atoms with E-state index < -0.39 is 0 Å². The minimum Gasteiger partial charge on any atom is -0.542 e. The van der Waals surface area contributed by atoms with Crippen molar-refractivity contribution in [2.75, 3.05) is 0 Å². The van der Waals surface area contributed by atoms with Crippen molar-refractivity contribution < 1.29 is 37.5 Å². The molecule has 1 radical (unpaired) electrons. The molecular weight excluding hydrogens is 141 g/mol. The molecule has 0 spiro atoms. The summed E-state index contributed by atoms with van der Waals surface area (Å²) in [5.74, 6) is 0. The molecular formula is C3H5OY-. The summed E-state index contributed by atoms with van der Waals surface area (Å²) in [6.07, 6.45) is 2.19. The van der Waals surface area contributed by atoms with Crippen molar-refractivity contribution in [1.29, 1.82) is 0 Å². The van der Waals surface area contributed by atoms with Crippen LogP contribution in [0.4, 0.5) is 0 Å². The molecule has 0 aromatic rings. The number of hydrogen-bond donors (Lipinski definition) is 0. The Morgan fingerprint density at radius 2 is 2.00 bits per heavy atom. The van der Waals surface area contributed by atoms with E-state index >= 15 is 0 Å². The molecule has 0 saturated heterocycles. The maximum atomic E-state index is 9.05. The maximum absolute atomic E-state index is 9.05. The van der Waals surface area contributed by atoms with E-state index in [1.807, 2.05) is 0 Å². The van der Waals surface area contributed by atoms with Crippen LogP contribution < -0.4 is 0 Å². The molecule has 0 aliphatic carbocycles. The first-order valence-electron chi connectivity index (χ1n) is 1.26. The van der Waals surface area contributed by atoms with Crippen LogP contribution in [0.5, 0.6) is 0 Å². The molecule has 2 heteroatoms. The fourth-order valence-corrected chi connectivity index (χ4v) is 0. The smallest absolute Gasteiger partial charge is 0 e. The number of hydrogen-bond acceptors (Lipinski definition) is 1. The summed E-state index contributed by atoms with van der Waals surface area (Å²) < 4.78 is 0. The van der Waals surface area contributed by atoms with Crippen LogP contribution in [0.15, 0.2) is 0 Å². The molecule has 0 atom stereocenters. The third-order valence-corrected chi connectivity index (χ3v) is 0.144. The molecule has 0 aromatic carbocycles. The quantitative estimate of drug-likeness (QED) is 0.492. The molecule has 1 nitrogen and oxygen atoms in total. The summed E-state index contributed by atoms with van der Waals surface area (Å²) in [5.41, 5.74) is 0. The zero-order chi connectivity index (χ0) is 3.41. The molecule has 0 N–H and O–H groups in total. The fraction of sp³-hybridized carbons (Fsp3) is 0.667. The van der Waals surface area contributed by atoms with Crippen LogP contribution in [0.25, 0.3) is 0 Å². The predicted octanol–water partition coefficient (Wildman–Crippen LogP) is 0.504. The Balaban J connectivity index is 0. The maximum Gasteiger partial charge on any atom is 0 e. The Kier molecular flexibility index (Phi) is 16.3. The van der Waals surface area contributed by atoms with Crippen molar-refractivity contribution in [3.05, 3.63) is 0 Å². The Morgan fingerprint density at radius 1 is 1.80 bits per heavy atom. The molecule has 0 bridgehead atoms. The first kappa shape index (κ1) is 9.24. The molecule has 0 rings (SSSR count). The van der Waals surface area contributed by atoms with E-state index in [2.05, 4.69) is 0 Å². The Morgan fingerprint density at radius 3 is 2.00 bits per heavy atom. The molecule has 0 aliphatic rings. The summed E-state index contributed by atoms with van der Waals surface area (Å²) in [6, 6.07) is 0. The molecule has 0 aromatic heterocycles. The van der Waals surface area contributed by atoms with E-state index in [0.29, 0.717) is 6.42 Å². The van der Waals surface area contributed by atoms with Gasteiger partial charge in [-0.3, -0.25) is 6.29 Å². The van der Waals surface area contributed by atoms with Crippen LogP contribution in [0.1, 0.15) is 13.3 Å². The van der Waals surface area contributed by atoms with Gasteiger partial charge in [0.25, 0.3) is 0 Å². The number of rotatable bonds is 1. The van der Waals surface area contributed by atoms with Gasteiger partial charge in [-0.25, -0.2) is 0 Å². The van der Waals surface area contributed by atoms with Gasteiger partial charge in [0, 0.05) is 32.7 Å². The molecule has 0 saturated carbocycles. The van der Waals surface area contributed by atoms with Gasteiger partial charge in [-0.2, -0.15) is 6.42 Å². The summed E-state index contributed by atoms with van der Waals surface area (Å²) >= 11 is 0. The van der Waals surface area contributed by atoms with E-state index in [0.717, 1.165) is 0 Å². The fourth-order valence-electron chi connectivity index (χ4n) is 0. The SMILES string of the molecule is CC[C-]=O.[Y]. The predicted molar refractivity (Wildman–Crippen MR) is 16.0 cm³/mol. The van der Waals surface area contributed by atoms with Gasteiger partial charge in [0.15, 0.2) is 0 Å². The van der Waals surface area contributed by atoms with Crippen molar-refractivity contribution in [1.82, 2.24) is 0 Å². The van der Waals surface area contributed by atoms with Gasteiger partial charge in [-0.05, 0) is 0 Å². The van der Waals surface area contributed by atoms with Crippen molar-refractivity contribution in [3.63, 3.8) is 0 Å². The van der Waals surface area contributed by atoms with Gasteiger partial charge >= 0.3 is 0 Å².